The molecule has 2 rings (SSSR count). The predicted molar refractivity (Wildman–Crippen MR) is 111 cm³/mol. The van der Waals surface area contributed by atoms with Crippen molar-refractivity contribution in [2.24, 2.45) is 11.1 Å². The zero-order valence-electron chi connectivity index (χ0n) is 16.9. The zero-order chi connectivity index (χ0) is 19.9. The summed E-state index contributed by atoms with van der Waals surface area (Å²) in [5.41, 5.74) is 7.22. The molecule has 1 aromatic rings. The van der Waals surface area contributed by atoms with Crippen molar-refractivity contribution in [3.63, 3.8) is 0 Å². The number of benzene rings is 1. The highest BCUT2D eigenvalue weighted by atomic mass is 16.2. The second kappa shape index (κ2) is 9.74. The molecular formula is C21H34N4O2. The summed E-state index contributed by atoms with van der Waals surface area (Å²) >= 11 is 0. The molecule has 1 aliphatic rings. The lowest BCUT2D eigenvalue weighted by Gasteiger charge is -2.30. The summed E-state index contributed by atoms with van der Waals surface area (Å²) in [7, 11) is 0. The van der Waals surface area contributed by atoms with Crippen molar-refractivity contribution in [3.8, 4) is 0 Å². The third-order valence-electron chi connectivity index (χ3n) is 5.70. The molecule has 6 nitrogen and oxygen atoms in total. The smallest absolute Gasteiger partial charge is 0.227 e. The number of carbonyl (C=O) groups is 2. The van der Waals surface area contributed by atoms with Crippen LogP contribution < -0.4 is 21.3 Å². The van der Waals surface area contributed by atoms with Crippen molar-refractivity contribution in [2.75, 3.05) is 29.9 Å². The van der Waals surface area contributed by atoms with Crippen LogP contribution in [0, 0.1) is 5.41 Å². The number of hydrogen-bond acceptors (Lipinski definition) is 4. The number of rotatable bonds is 9. The summed E-state index contributed by atoms with van der Waals surface area (Å²) in [4.78, 5) is 27.3. The van der Waals surface area contributed by atoms with E-state index in [0.29, 0.717) is 19.4 Å². The van der Waals surface area contributed by atoms with Gasteiger partial charge in [-0.25, -0.2) is 0 Å². The molecule has 1 atom stereocenters. The van der Waals surface area contributed by atoms with E-state index in [1.54, 1.807) is 0 Å². The third kappa shape index (κ3) is 5.45. The fourth-order valence-electron chi connectivity index (χ4n) is 3.63. The number of anilines is 2. The Kier molecular flexibility index (Phi) is 7.66. The minimum atomic E-state index is -0.547. The molecule has 2 amide bonds. The Bertz CT molecular complexity index is 629. The van der Waals surface area contributed by atoms with E-state index >= 15 is 0 Å². The van der Waals surface area contributed by atoms with Gasteiger partial charge in [0.1, 0.15) is 0 Å². The molecule has 27 heavy (non-hydrogen) atoms. The van der Waals surface area contributed by atoms with Gasteiger partial charge in [0.05, 0.1) is 5.41 Å². The Hall–Kier alpha value is -2.08. The first-order valence-electron chi connectivity index (χ1n) is 10.1. The molecule has 0 saturated carbocycles. The van der Waals surface area contributed by atoms with E-state index in [9.17, 15) is 9.59 Å². The highest BCUT2D eigenvalue weighted by molar-refractivity contribution is 5.92. The second-order valence-corrected chi connectivity index (χ2v) is 7.56. The molecule has 1 unspecified atom stereocenters. The van der Waals surface area contributed by atoms with Crippen molar-refractivity contribution in [2.45, 2.75) is 58.9 Å². The quantitative estimate of drug-likeness (QED) is 0.620. The number of nitrogens with one attached hydrogen (secondary N) is 2. The molecule has 6 heteroatoms. The normalized spacial score (nSPS) is 15.5. The van der Waals surface area contributed by atoms with Crippen LogP contribution in [0.4, 0.5) is 11.4 Å². The first kappa shape index (κ1) is 21.2. The van der Waals surface area contributed by atoms with Gasteiger partial charge in [-0.1, -0.05) is 19.9 Å². The van der Waals surface area contributed by atoms with Gasteiger partial charge in [-0.05, 0) is 50.8 Å². The number of carbonyl (C=O) groups excluding carboxylic acids is 2. The lowest BCUT2D eigenvalue weighted by molar-refractivity contribution is -0.131. The SMILES string of the molecule is CCC(CC)(CN)C(=O)NC(C)CC(=O)Nc1cccc(N2CCCC2)c1. The molecule has 0 spiro atoms. The van der Waals surface area contributed by atoms with Gasteiger partial charge < -0.3 is 21.3 Å². The first-order valence-corrected chi connectivity index (χ1v) is 10.1. The van der Waals surface area contributed by atoms with Crippen molar-refractivity contribution >= 4 is 23.2 Å². The molecule has 1 aliphatic heterocycles. The summed E-state index contributed by atoms with van der Waals surface area (Å²) in [6, 6.07) is 7.70. The number of nitrogens with zero attached hydrogens (tertiary/aromatic N) is 1. The summed E-state index contributed by atoms with van der Waals surface area (Å²) in [5, 5.41) is 5.91. The molecule has 0 aromatic heterocycles. The maximum Gasteiger partial charge on any atom is 0.227 e. The lowest BCUT2D eigenvalue weighted by Crippen LogP contribution is -2.48. The van der Waals surface area contributed by atoms with E-state index in [-0.39, 0.29) is 24.3 Å². The van der Waals surface area contributed by atoms with Crippen LogP contribution in [0.25, 0.3) is 0 Å². The molecule has 0 aliphatic carbocycles. The Balaban J connectivity index is 1.89. The van der Waals surface area contributed by atoms with E-state index < -0.39 is 5.41 Å². The predicted octanol–water partition coefficient (Wildman–Crippen LogP) is 2.89. The van der Waals surface area contributed by atoms with Gasteiger partial charge in [0.25, 0.3) is 0 Å². The lowest BCUT2D eigenvalue weighted by atomic mass is 9.81. The largest absolute Gasteiger partial charge is 0.371 e. The Morgan fingerprint density at radius 1 is 1.22 bits per heavy atom. The number of nitrogens with two attached hydrogens (primary N) is 1. The summed E-state index contributed by atoms with van der Waals surface area (Å²) in [6.07, 6.45) is 4.04. The Morgan fingerprint density at radius 2 is 1.89 bits per heavy atom. The Labute approximate surface area is 162 Å². The van der Waals surface area contributed by atoms with Crippen LogP contribution in [0.3, 0.4) is 0 Å². The van der Waals surface area contributed by atoms with Crippen molar-refractivity contribution in [3.05, 3.63) is 24.3 Å². The summed E-state index contributed by atoms with van der Waals surface area (Å²) in [6.45, 7) is 8.25. The van der Waals surface area contributed by atoms with Crippen LogP contribution in [0.1, 0.15) is 52.9 Å². The molecule has 1 aromatic carbocycles. The maximum atomic E-state index is 12.6. The molecule has 150 valence electrons. The van der Waals surface area contributed by atoms with E-state index in [1.165, 1.54) is 12.8 Å². The molecule has 0 radical (unpaired) electrons. The fourth-order valence-corrected chi connectivity index (χ4v) is 3.63. The minimum absolute atomic E-state index is 0.0636. The standard InChI is InChI=1S/C21H34N4O2/c1-4-21(5-2,15-22)20(27)23-16(3)13-19(26)24-17-9-8-10-18(14-17)25-11-6-7-12-25/h8-10,14,16H,4-7,11-13,15,22H2,1-3H3,(H,23,27)(H,24,26). The van der Waals surface area contributed by atoms with E-state index in [4.69, 9.17) is 5.73 Å². The summed E-state index contributed by atoms with van der Waals surface area (Å²) < 4.78 is 0. The van der Waals surface area contributed by atoms with Crippen LogP contribution in [-0.4, -0.2) is 37.5 Å². The number of hydrogen-bond donors (Lipinski definition) is 3. The van der Waals surface area contributed by atoms with E-state index in [2.05, 4.69) is 21.6 Å². The summed E-state index contributed by atoms with van der Waals surface area (Å²) in [5.74, 6) is -0.168. The van der Waals surface area contributed by atoms with Gasteiger partial charge in [-0.3, -0.25) is 9.59 Å². The second-order valence-electron chi connectivity index (χ2n) is 7.56. The van der Waals surface area contributed by atoms with Crippen LogP contribution in [0.5, 0.6) is 0 Å². The molecule has 4 N–H and O–H groups in total. The molecule has 1 saturated heterocycles. The average Bonchev–Trinajstić information content (AvgIpc) is 3.18. The number of amides is 2. The van der Waals surface area contributed by atoms with Gasteiger partial charge in [-0.15, -0.1) is 0 Å². The van der Waals surface area contributed by atoms with Gasteiger partial charge in [-0.2, -0.15) is 0 Å². The van der Waals surface area contributed by atoms with Crippen molar-refractivity contribution in [1.82, 2.24) is 5.32 Å². The molecule has 0 bridgehead atoms. The van der Waals surface area contributed by atoms with Crippen LogP contribution in [-0.2, 0) is 9.59 Å². The van der Waals surface area contributed by atoms with Crippen LogP contribution in [0.15, 0.2) is 24.3 Å². The maximum absolute atomic E-state index is 12.6. The Morgan fingerprint density at radius 3 is 2.48 bits per heavy atom. The highest BCUT2D eigenvalue weighted by Gasteiger charge is 2.34. The van der Waals surface area contributed by atoms with Gasteiger partial charge in [0, 0.05) is 43.5 Å². The van der Waals surface area contributed by atoms with Crippen LogP contribution in [0.2, 0.25) is 0 Å². The van der Waals surface area contributed by atoms with Crippen LogP contribution >= 0.6 is 0 Å². The highest BCUT2D eigenvalue weighted by Crippen LogP contribution is 2.26. The van der Waals surface area contributed by atoms with E-state index in [1.807, 2.05) is 39.0 Å². The third-order valence-corrected chi connectivity index (χ3v) is 5.70. The minimum Gasteiger partial charge on any atom is -0.371 e. The average molecular weight is 375 g/mol. The zero-order valence-corrected chi connectivity index (χ0v) is 16.9. The molecular weight excluding hydrogens is 340 g/mol. The monoisotopic (exact) mass is 374 g/mol. The first-order chi connectivity index (χ1) is 12.9. The van der Waals surface area contributed by atoms with Crippen molar-refractivity contribution < 1.29 is 9.59 Å². The molecule has 1 heterocycles. The topological polar surface area (TPSA) is 87.5 Å². The van der Waals surface area contributed by atoms with Gasteiger partial charge in [0.15, 0.2) is 0 Å². The van der Waals surface area contributed by atoms with E-state index in [0.717, 1.165) is 24.5 Å². The van der Waals surface area contributed by atoms with Gasteiger partial charge in [0.2, 0.25) is 11.8 Å². The van der Waals surface area contributed by atoms with Gasteiger partial charge >= 0.3 is 0 Å². The fraction of sp³-hybridized carbons (Fsp3) is 0.619. The molecule has 1 fully saturated rings. The van der Waals surface area contributed by atoms with Crippen molar-refractivity contribution in [1.29, 1.82) is 0 Å².